The summed E-state index contributed by atoms with van der Waals surface area (Å²) in [5, 5.41) is 2.90. The first kappa shape index (κ1) is 16.2. The summed E-state index contributed by atoms with van der Waals surface area (Å²) in [5.74, 6) is -0.131. The Hall–Kier alpha value is -2.66. The number of rotatable bonds is 6. The molecule has 0 spiro atoms. The van der Waals surface area contributed by atoms with Crippen molar-refractivity contribution in [2.24, 2.45) is 0 Å². The minimum absolute atomic E-state index is 0.131. The molecule has 0 saturated carbocycles. The molecule has 0 atom stereocenters. The van der Waals surface area contributed by atoms with Gasteiger partial charge in [-0.2, -0.15) is 0 Å². The highest BCUT2D eigenvalue weighted by Gasteiger charge is 2.16. The van der Waals surface area contributed by atoms with E-state index in [0.29, 0.717) is 25.5 Å². The monoisotopic (exact) mass is 323 g/mol. The number of fused-ring (bicyclic) bond motifs is 1. The van der Waals surface area contributed by atoms with Gasteiger partial charge >= 0.3 is 0 Å². The molecule has 1 aromatic carbocycles. The van der Waals surface area contributed by atoms with Crippen molar-refractivity contribution in [2.75, 3.05) is 13.2 Å². The van der Waals surface area contributed by atoms with Crippen LogP contribution >= 0.6 is 0 Å². The maximum Gasteiger partial charge on any atom is 0.270 e. The molecule has 3 aromatic rings. The normalized spacial score (nSPS) is 10.9. The summed E-state index contributed by atoms with van der Waals surface area (Å²) < 4.78 is 7.43. The van der Waals surface area contributed by atoms with E-state index in [1.165, 1.54) is 0 Å². The minimum atomic E-state index is -0.131. The molecule has 0 bridgehead atoms. The van der Waals surface area contributed by atoms with Gasteiger partial charge in [-0.25, -0.2) is 4.98 Å². The molecule has 0 aliphatic carbocycles. The average molecular weight is 323 g/mol. The second-order valence-electron chi connectivity index (χ2n) is 5.77. The zero-order chi connectivity index (χ0) is 16.9. The Kier molecular flexibility index (Phi) is 4.91. The largest absolute Gasteiger partial charge is 0.375 e. The highest BCUT2D eigenvalue weighted by molar-refractivity contribution is 5.94. The second kappa shape index (κ2) is 7.27. The van der Waals surface area contributed by atoms with Crippen molar-refractivity contribution in [3.05, 3.63) is 71.2 Å². The molecule has 1 N–H and O–H groups in total. The van der Waals surface area contributed by atoms with Crippen LogP contribution in [0.1, 0.15) is 27.3 Å². The topological polar surface area (TPSA) is 55.6 Å². The first-order valence-electron chi connectivity index (χ1n) is 8.00. The van der Waals surface area contributed by atoms with Crippen LogP contribution in [0.15, 0.2) is 48.7 Å². The Morgan fingerprint density at radius 1 is 1.17 bits per heavy atom. The number of carbonyl (C=O) groups is 1. The van der Waals surface area contributed by atoms with E-state index in [2.05, 4.69) is 10.3 Å². The van der Waals surface area contributed by atoms with Crippen LogP contribution in [0.3, 0.4) is 0 Å². The number of carbonyl (C=O) groups excluding carboxylic acids is 1. The number of hydrogen-bond acceptors (Lipinski definition) is 3. The van der Waals surface area contributed by atoms with E-state index in [1.807, 2.05) is 66.9 Å². The zero-order valence-electron chi connectivity index (χ0n) is 14.0. The van der Waals surface area contributed by atoms with Crippen LogP contribution in [0.5, 0.6) is 0 Å². The van der Waals surface area contributed by atoms with Crippen LogP contribution in [0, 0.1) is 13.8 Å². The van der Waals surface area contributed by atoms with Crippen LogP contribution in [0.25, 0.3) is 5.65 Å². The quantitative estimate of drug-likeness (QED) is 0.710. The first-order chi connectivity index (χ1) is 11.6. The van der Waals surface area contributed by atoms with Gasteiger partial charge in [0, 0.05) is 12.7 Å². The SMILES string of the molecule is Cc1ccc2nc(C)c(C(=O)NCCOCc3ccccc3)n2c1. The van der Waals surface area contributed by atoms with Crippen molar-refractivity contribution in [1.82, 2.24) is 14.7 Å². The Morgan fingerprint density at radius 3 is 2.75 bits per heavy atom. The van der Waals surface area contributed by atoms with Crippen molar-refractivity contribution in [2.45, 2.75) is 20.5 Å². The van der Waals surface area contributed by atoms with Crippen molar-refractivity contribution >= 4 is 11.6 Å². The lowest BCUT2D eigenvalue weighted by molar-refractivity contribution is 0.0895. The van der Waals surface area contributed by atoms with E-state index >= 15 is 0 Å². The summed E-state index contributed by atoms with van der Waals surface area (Å²) in [7, 11) is 0. The average Bonchev–Trinajstić information content (AvgIpc) is 2.90. The molecule has 0 radical (unpaired) electrons. The molecular weight excluding hydrogens is 302 g/mol. The van der Waals surface area contributed by atoms with Crippen LogP contribution in [0.2, 0.25) is 0 Å². The smallest absolute Gasteiger partial charge is 0.270 e. The van der Waals surface area contributed by atoms with Crippen LogP contribution in [-0.4, -0.2) is 28.4 Å². The number of hydrogen-bond donors (Lipinski definition) is 1. The van der Waals surface area contributed by atoms with Gasteiger partial charge in [-0.05, 0) is 31.0 Å². The molecular formula is C19H21N3O2. The lowest BCUT2D eigenvalue weighted by atomic mass is 10.2. The van der Waals surface area contributed by atoms with Crippen molar-refractivity contribution in [3.63, 3.8) is 0 Å². The number of nitrogens with zero attached hydrogens (tertiary/aromatic N) is 2. The number of aromatic nitrogens is 2. The Labute approximate surface area is 141 Å². The van der Waals surface area contributed by atoms with Gasteiger partial charge in [0.15, 0.2) is 0 Å². The highest BCUT2D eigenvalue weighted by Crippen LogP contribution is 2.13. The number of ether oxygens (including phenoxy) is 1. The van der Waals surface area contributed by atoms with Crippen molar-refractivity contribution < 1.29 is 9.53 Å². The van der Waals surface area contributed by atoms with E-state index in [4.69, 9.17) is 4.74 Å². The third-order valence-electron chi connectivity index (χ3n) is 3.80. The minimum Gasteiger partial charge on any atom is -0.375 e. The number of imidazole rings is 1. The maximum absolute atomic E-state index is 12.5. The first-order valence-corrected chi connectivity index (χ1v) is 8.00. The lowest BCUT2D eigenvalue weighted by Gasteiger charge is -2.07. The van der Waals surface area contributed by atoms with E-state index < -0.39 is 0 Å². The molecule has 0 aliphatic rings. The summed E-state index contributed by atoms with van der Waals surface area (Å²) >= 11 is 0. The maximum atomic E-state index is 12.5. The van der Waals surface area contributed by atoms with Gasteiger partial charge in [0.25, 0.3) is 5.91 Å². The summed E-state index contributed by atoms with van der Waals surface area (Å²) in [4.78, 5) is 16.9. The summed E-state index contributed by atoms with van der Waals surface area (Å²) in [6.45, 7) is 5.32. The van der Waals surface area contributed by atoms with E-state index in [9.17, 15) is 4.79 Å². The molecule has 124 valence electrons. The van der Waals surface area contributed by atoms with Gasteiger partial charge in [0.05, 0.1) is 18.9 Å². The fraction of sp³-hybridized carbons (Fsp3) is 0.263. The number of aryl methyl sites for hydroxylation is 2. The van der Waals surface area contributed by atoms with Crippen LogP contribution < -0.4 is 5.32 Å². The number of pyridine rings is 1. The molecule has 2 heterocycles. The fourth-order valence-corrected chi connectivity index (χ4v) is 2.63. The molecule has 0 aliphatic heterocycles. The Morgan fingerprint density at radius 2 is 1.96 bits per heavy atom. The second-order valence-corrected chi connectivity index (χ2v) is 5.77. The van der Waals surface area contributed by atoms with Crippen molar-refractivity contribution in [3.8, 4) is 0 Å². The third-order valence-corrected chi connectivity index (χ3v) is 3.80. The summed E-state index contributed by atoms with van der Waals surface area (Å²) in [6, 6.07) is 13.9. The Balaban J connectivity index is 1.56. The zero-order valence-corrected chi connectivity index (χ0v) is 14.0. The lowest BCUT2D eigenvalue weighted by Crippen LogP contribution is -2.28. The standard InChI is InChI=1S/C19H21N3O2/c1-14-8-9-17-21-15(2)18(22(17)12-14)19(23)20-10-11-24-13-16-6-4-3-5-7-16/h3-9,12H,10-11,13H2,1-2H3,(H,20,23). The van der Waals surface area contributed by atoms with E-state index in [-0.39, 0.29) is 5.91 Å². The fourth-order valence-electron chi connectivity index (χ4n) is 2.63. The summed E-state index contributed by atoms with van der Waals surface area (Å²) in [6.07, 6.45) is 1.93. The van der Waals surface area contributed by atoms with Gasteiger partial charge in [-0.3, -0.25) is 9.20 Å². The molecule has 0 saturated heterocycles. The number of amides is 1. The van der Waals surface area contributed by atoms with Crippen LogP contribution in [0.4, 0.5) is 0 Å². The highest BCUT2D eigenvalue weighted by atomic mass is 16.5. The number of benzene rings is 1. The molecule has 0 unspecified atom stereocenters. The predicted molar refractivity (Wildman–Crippen MR) is 93.1 cm³/mol. The van der Waals surface area contributed by atoms with Gasteiger partial charge in [0.1, 0.15) is 11.3 Å². The molecule has 24 heavy (non-hydrogen) atoms. The Bertz CT molecular complexity index is 840. The van der Waals surface area contributed by atoms with E-state index in [1.54, 1.807) is 0 Å². The van der Waals surface area contributed by atoms with Gasteiger partial charge < -0.3 is 10.1 Å². The van der Waals surface area contributed by atoms with Gasteiger partial charge in [-0.1, -0.05) is 36.4 Å². The number of nitrogens with one attached hydrogen (secondary N) is 1. The van der Waals surface area contributed by atoms with E-state index in [0.717, 1.165) is 22.5 Å². The molecule has 1 amide bonds. The third kappa shape index (κ3) is 3.63. The molecule has 5 nitrogen and oxygen atoms in total. The van der Waals surface area contributed by atoms with Crippen molar-refractivity contribution in [1.29, 1.82) is 0 Å². The molecule has 5 heteroatoms. The molecule has 3 rings (SSSR count). The molecule has 0 fully saturated rings. The van der Waals surface area contributed by atoms with Gasteiger partial charge in [-0.15, -0.1) is 0 Å². The van der Waals surface area contributed by atoms with Crippen LogP contribution in [-0.2, 0) is 11.3 Å². The molecule has 2 aromatic heterocycles. The summed E-state index contributed by atoms with van der Waals surface area (Å²) in [5.41, 5.74) is 4.29. The van der Waals surface area contributed by atoms with Gasteiger partial charge in [0.2, 0.25) is 0 Å². The predicted octanol–water partition coefficient (Wildman–Crippen LogP) is 2.90.